The highest BCUT2D eigenvalue weighted by molar-refractivity contribution is 6.09. The van der Waals surface area contributed by atoms with Gasteiger partial charge in [0.15, 0.2) is 0 Å². The lowest BCUT2D eigenvalue weighted by Crippen LogP contribution is -1.98. The van der Waals surface area contributed by atoms with E-state index in [2.05, 4.69) is 0 Å². The zero-order chi connectivity index (χ0) is 9.84. The molecule has 0 aliphatic rings. The number of anilines is 1. The molecular formula is C10H9NO2. The molecule has 0 amide bonds. The number of ether oxygens (including phenoxy) is 1. The van der Waals surface area contributed by atoms with E-state index < -0.39 is 0 Å². The van der Waals surface area contributed by atoms with E-state index in [1.807, 2.05) is 5.92 Å². The van der Waals surface area contributed by atoms with Crippen LogP contribution in [-0.4, -0.2) is 12.9 Å². The lowest BCUT2D eigenvalue weighted by Gasteiger charge is -2.04. The number of hydrogen-bond donors (Lipinski definition) is 1. The summed E-state index contributed by atoms with van der Waals surface area (Å²) in [5.41, 5.74) is 6.39. The molecule has 1 rings (SSSR count). The van der Waals surface area contributed by atoms with E-state index in [1.54, 1.807) is 12.1 Å². The molecular weight excluding hydrogens is 166 g/mol. The van der Waals surface area contributed by atoms with Gasteiger partial charge in [-0.1, -0.05) is 0 Å². The molecule has 3 heteroatoms. The van der Waals surface area contributed by atoms with Gasteiger partial charge in [0.05, 0.1) is 12.8 Å². The number of methoxy groups -OCH3 is 1. The van der Waals surface area contributed by atoms with Gasteiger partial charge in [-0.2, -0.15) is 0 Å². The second-order valence-electron chi connectivity index (χ2n) is 2.43. The topological polar surface area (TPSA) is 52.3 Å². The molecule has 0 saturated heterocycles. The zero-order valence-electron chi connectivity index (χ0n) is 7.20. The average molecular weight is 175 g/mol. The number of ketones is 1. The Morgan fingerprint density at radius 2 is 2.31 bits per heavy atom. The van der Waals surface area contributed by atoms with E-state index in [4.69, 9.17) is 16.9 Å². The molecule has 0 unspecified atom stereocenters. The van der Waals surface area contributed by atoms with Gasteiger partial charge in [-0.25, -0.2) is 0 Å². The Bertz CT molecular complexity index is 377. The van der Waals surface area contributed by atoms with Crippen molar-refractivity contribution in [2.45, 2.75) is 0 Å². The molecule has 0 fully saturated rings. The van der Waals surface area contributed by atoms with E-state index in [0.29, 0.717) is 17.0 Å². The van der Waals surface area contributed by atoms with Gasteiger partial charge in [0.2, 0.25) is 5.78 Å². The van der Waals surface area contributed by atoms with Crippen LogP contribution in [0.3, 0.4) is 0 Å². The number of nitrogen functional groups attached to an aromatic ring is 1. The predicted octanol–water partition coefficient (Wildman–Crippen LogP) is 1.09. The second-order valence-corrected chi connectivity index (χ2v) is 2.43. The van der Waals surface area contributed by atoms with Crippen LogP contribution in [0.4, 0.5) is 5.69 Å². The third-order valence-corrected chi connectivity index (χ3v) is 1.62. The van der Waals surface area contributed by atoms with Crippen LogP contribution < -0.4 is 10.5 Å². The van der Waals surface area contributed by atoms with Crippen molar-refractivity contribution in [1.82, 2.24) is 0 Å². The SMILES string of the molecule is C#CC(=O)c1ccc(OC)c(N)c1. The first-order valence-corrected chi connectivity index (χ1v) is 3.63. The van der Waals surface area contributed by atoms with Gasteiger partial charge in [0.25, 0.3) is 0 Å². The van der Waals surface area contributed by atoms with Crippen molar-refractivity contribution < 1.29 is 9.53 Å². The third kappa shape index (κ3) is 1.79. The maximum atomic E-state index is 11.0. The molecule has 0 aliphatic carbocycles. The fourth-order valence-electron chi connectivity index (χ4n) is 0.959. The van der Waals surface area contributed by atoms with Crippen molar-refractivity contribution in [2.24, 2.45) is 0 Å². The van der Waals surface area contributed by atoms with Crippen molar-refractivity contribution in [3.05, 3.63) is 23.8 Å². The minimum absolute atomic E-state index is 0.380. The van der Waals surface area contributed by atoms with E-state index in [1.165, 1.54) is 13.2 Å². The Hall–Kier alpha value is -1.95. The zero-order valence-corrected chi connectivity index (χ0v) is 7.20. The Labute approximate surface area is 76.5 Å². The van der Waals surface area contributed by atoms with Gasteiger partial charge in [-0.3, -0.25) is 4.79 Å². The van der Waals surface area contributed by atoms with Gasteiger partial charge < -0.3 is 10.5 Å². The highest BCUT2D eigenvalue weighted by Gasteiger charge is 2.05. The van der Waals surface area contributed by atoms with E-state index in [-0.39, 0.29) is 5.78 Å². The van der Waals surface area contributed by atoms with Crippen LogP contribution in [0, 0.1) is 12.3 Å². The summed E-state index contributed by atoms with van der Waals surface area (Å²) in [7, 11) is 1.51. The molecule has 3 nitrogen and oxygen atoms in total. The number of terminal acetylenes is 1. The first-order chi connectivity index (χ1) is 6.19. The largest absolute Gasteiger partial charge is 0.495 e. The average Bonchev–Trinajstić information content (AvgIpc) is 2.16. The second kappa shape index (κ2) is 3.63. The summed E-state index contributed by atoms with van der Waals surface area (Å²) in [6.45, 7) is 0. The molecule has 0 radical (unpaired) electrons. The first kappa shape index (κ1) is 9.14. The molecule has 66 valence electrons. The molecule has 0 atom stereocenters. The van der Waals surface area contributed by atoms with Crippen LogP contribution in [0.15, 0.2) is 18.2 Å². The summed E-state index contributed by atoms with van der Waals surface area (Å²) in [6.07, 6.45) is 4.95. The Morgan fingerprint density at radius 3 is 2.77 bits per heavy atom. The highest BCUT2D eigenvalue weighted by Crippen LogP contribution is 2.21. The smallest absolute Gasteiger partial charge is 0.235 e. The number of carbonyl (C=O) groups is 1. The van der Waals surface area contributed by atoms with Crippen molar-refractivity contribution in [3.63, 3.8) is 0 Å². The number of rotatable bonds is 2. The monoisotopic (exact) mass is 175 g/mol. The first-order valence-electron chi connectivity index (χ1n) is 3.63. The van der Waals surface area contributed by atoms with Crippen LogP contribution in [0.1, 0.15) is 10.4 Å². The molecule has 13 heavy (non-hydrogen) atoms. The summed E-state index contributed by atoms with van der Waals surface area (Å²) < 4.78 is 4.93. The minimum atomic E-state index is -0.380. The van der Waals surface area contributed by atoms with Gasteiger partial charge in [-0.05, 0) is 24.1 Å². The maximum Gasteiger partial charge on any atom is 0.235 e. The Morgan fingerprint density at radius 1 is 1.62 bits per heavy atom. The summed E-state index contributed by atoms with van der Waals surface area (Å²) in [4.78, 5) is 11.0. The quantitative estimate of drug-likeness (QED) is 0.317. The number of benzene rings is 1. The van der Waals surface area contributed by atoms with Crippen molar-refractivity contribution in [1.29, 1.82) is 0 Å². The Balaban J connectivity index is 3.11. The molecule has 2 N–H and O–H groups in total. The number of carbonyl (C=O) groups excluding carboxylic acids is 1. The molecule has 0 aromatic heterocycles. The van der Waals surface area contributed by atoms with Crippen molar-refractivity contribution in [3.8, 4) is 18.1 Å². The van der Waals surface area contributed by atoms with Crippen LogP contribution in [0.5, 0.6) is 5.75 Å². The standard InChI is InChI=1S/C10H9NO2/c1-3-9(12)7-4-5-10(13-2)8(11)6-7/h1,4-6H,11H2,2H3. The molecule has 0 bridgehead atoms. The number of hydrogen-bond acceptors (Lipinski definition) is 3. The minimum Gasteiger partial charge on any atom is -0.495 e. The maximum absolute atomic E-state index is 11.0. The summed E-state index contributed by atoms with van der Waals surface area (Å²) in [5.74, 6) is 2.17. The summed E-state index contributed by atoms with van der Waals surface area (Å²) >= 11 is 0. The Kier molecular flexibility index (Phi) is 2.56. The van der Waals surface area contributed by atoms with Crippen LogP contribution in [0.2, 0.25) is 0 Å². The van der Waals surface area contributed by atoms with Crippen molar-refractivity contribution >= 4 is 11.5 Å². The fourth-order valence-corrected chi connectivity index (χ4v) is 0.959. The third-order valence-electron chi connectivity index (χ3n) is 1.62. The van der Waals surface area contributed by atoms with Crippen LogP contribution >= 0.6 is 0 Å². The van der Waals surface area contributed by atoms with Crippen LogP contribution in [-0.2, 0) is 0 Å². The number of nitrogens with two attached hydrogens (primary N) is 1. The molecule has 1 aromatic rings. The van der Waals surface area contributed by atoms with Crippen LogP contribution in [0.25, 0.3) is 0 Å². The number of Topliss-reactive ketones (excluding diaryl/α,β-unsaturated/α-hetero) is 1. The molecule has 0 saturated carbocycles. The summed E-state index contributed by atoms with van der Waals surface area (Å²) in [5, 5.41) is 0. The van der Waals surface area contributed by atoms with E-state index in [0.717, 1.165) is 0 Å². The van der Waals surface area contributed by atoms with Gasteiger partial charge in [0.1, 0.15) is 5.75 Å². The highest BCUT2D eigenvalue weighted by atomic mass is 16.5. The lowest BCUT2D eigenvalue weighted by atomic mass is 10.1. The summed E-state index contributed by atoms with van der Waals surface area (Å²) in [6, 6.07) is 4.69. The van der Waals surface area contributed by atoms with Gasteiger partial charge >= 0.3 is 0 Å². The van der Waals surface area contributed by atoms with Gasteiger partial charge in [-0.15, -0.1) is 6.42 Å². The molecule has 1 aromatic carbocycles. The van der Waals surface area contributed by atoms with E-state index in [9.17, 15) is 4.79 Å². The molecule has 0 spiro atoms. The molecule has 0 aliphatic heterocycles. The van der Waals surface area contributed by atoms with E-state index >= 15 is 0 Å². The van der Waals surface area contributed by atoms with Gasteiger partial charge in [0, 0.05) is 5.56 Å². The fraction of sp³-hybridized carbons (Fsp3) is 0.100. The molecule has 0 heterocycles. The predicted molar refractivity (Wildman–Crippen MR) is 50.6 cm³/mol. The van der Waals surface area contributed by atoms with Crippen molar-refractivity contribution in [2.75, 3.05) is 12.8 Å². The normalized spacial score (nSPS) is 8.92. The lowest BCUT2D eigenvalue weighted by molar-refractivity contribution is 0.105.